The number of esters is 1. The molecular formula is C23H27N3O6S. The van der Waals surface area contributed by atoms with E-state index in [1.807, 2.05) is 20.8 Å². The van der Waals surface area contributed by atoms with Crippen LogP contribution in [0.25, 0.3) is 0 Å². The van der Waals surface area contributed by atoms with Crippen molar-refractivity contribution in [2.24, 2.45) is 0 Å². The lowest BCUT2D eigenvalue weighted by molar-refractivity contribution is 0.0264. The molecule has 3 rings (SSSR count). The van der Waals surface area contributed by atoms with Gasteiger partial charge in [0.05, 0.1) is 17.6 Å². The van der Waals surface area contributed by atoms with Crippen molar-refractivity contribution in [3.05, 3.63) is 65.3 Å². The van der Waals surface area contributed by atoms with Gasteiger partial charge in [0.25, 0.3) is 15.9 Å². The van der Waals surface area contributed by atoms with Crippen LogP contribution in [0.1, 0.15) is 61.4 Å². The molecule has 0 saturated carbocycles. The number of rotatable bonds is 7. The van der Waals surface area contributed by atoms with Crippen molar-refractivity contribution in [2.45, 2.75) is 51.0 Å². The van der Waals surface area contributed by atoms with Crippen LogP contribution in [0, 0.1) is 6.92 Å². The lowest BCUT2D eigenvalue weighted by Gasteiger charge is -2.14. The zero-order valence-electron chi connectivity index (χ0n) is 19.4. The molecular weight excluding hydrogens is 446 g/mol. The van der Waals surface area contributed by atoms with Crippen molar-refractivity contribution in [3.8, 4) is 5.75 Å². The number of methoxy groups -OCH3 is 1. The molecule has 176 valence electrons. The minimum absolute atomic E-state index is 0.0728. The molecule has 10 heteroatoms. The van der Waals surface area contributed by atoms with Gasteiger partial charge in [-0.3, -0.25) is 4.72 Å². The van der Waals surface area contributed by atoms with E-state index in [2.05, 4.69) is 14.9 Å². The van der Waals surface area contributed by atoms with Crippen LogP contribution in [0.2, 0.25) is 0 Å². The molecule has 1 N–H and O–H groups in total. The molecule has 0 aliphatic rings. The van der Waals surface area contributed by atoms with Gasteiger partial charge >= 0.3 is 5.97 Å². The lowest BCUT2D eigenvalue weighted by Crippen LogP contribution is -2.16. The predicted molar refractivity (Wildman–Crippen MR) is 122 cm³/mol. The summed E-state index contributed by atoms with van der Waals surface area (Å²) in [4.78, 5) is 17.0. The first kappa shape index (κ1) is 24.2. The SMILES string of the molecule is COc1ccc(NS(=O)(=O)c2ccc(C)c(C(=O)OC(C)c3nc(C(C)(C)C)no3)c2)cc1. The van der Waals surface area contributed by atoms with Gasteiger partial charge in [0, 0.05) is 11.1 Å². The Labute approximate surface area is 193 Å². The van der Waals surface area contributed by atoms with Crippen LogP contribution in [-0.4, -0.2) is 31.6 Å². The second-order valence-corrected chi connectivity index (χ2v) is 10.2. The highest BCUT2D eigenvalue weighted by Gasteiger charge is 2.26. The number of nitrogens with zero attached hydrogens (tertiary/aromatic N) is 2. The molecule has 0 aliphatic heterocycles. The molecule has 1 atom stereocenters. The average Bonchev–Trinajstić information content (AvgIpc) is 3.25. The largest absolute Gasteiger partial charge is 0.497 e. The molecule has 0 fully saturated rings. The number of aryl methyl sites for hydroxylation is 1. The van der Waals surface area contributed by atoms with Crippen molar-refractivity contribution in [2.75, 3.05) is 11.8 Å². The molecule has 0 spiro atoms. The maximum atomic E-state index is 12.9. The van der Waals surface area contributed by atoms with E-state index >= 15 is 0 Å². The van der Waals surface area contributed by atoms with Gasteiger partial charge in [-0.1, -0.05) is 32.0 Å². The maximum absolute atomic E-state index is 12.9. The number of carbonyl (C=O) groups excluding carboxylic acids is 1. The zero-order chi connectivity index (χ0) is 24.4. The molecule has 0 amide bonds. The van der Waals surface area contributed by atoms with Gasteiger partial charge in [-0.05, 0) is 55.8 Å². The maximum Gasteiger partial charge on any atom is 0.339 e. The van der Waals surface area contributed by atoms with Gasteiger partial charge in [-0.2, -0.15) is 4.98 Å². The van der Waals surface area contributed by atoms with Crippen molar-refractivity contribution in [1.29, 1.82) is 0 Å². The third kappa shape index (κ3) is 5.70. The first-order valence-corrected chi connectivity index (χ1v) is 11.7. The molecule has 0 radical (unpaired) electrons. The standard InChI is InChI=1S/C23H27N3O6S/c1-14-7-12-18(33(28,29)26-16-8-10-17(30-6)11-9-16)13-19(14)21(27)31-15(2)20-24-22(25-32-20)23(3,4)5/h7-13,15,26H,1-6H3. The summed E-state index contributed by atoms with van der Waals surface area (Å²) < 4.78 is 44.0. The van der Waals surface area contributed by atoms with Gasteiger partial charge in [-0.25, -0.2) is 13.2 Å². The molecule has 9 nitrogen and oxygen atoms in total. The van der Waals surface area contributed by atoms with Crippen LogP contribution in [0.4, 0.5) is 5.69 Å². The smallest absolute Gasteiger partial charge is 0.339 e. The Kier molecular flexibility index (Phi) is 6.78. The van der Waals surface area contributed by atoms with Crippen LogP contribution < -0.4 is 9.46 Å². The second kappa shape index (κ2) is 9.22. The molecule has 2 aromatic carbocycles. The quantitative estimate of drug-likeness (QED) is 0.501. The minimum atomic E-state index is -3.94. The van der Waals surface area contributed by atoms with Crippen LogP contribution in [0.5, 0.6) is 5.75 Å². The van der Waals surface area contributed by atoms with E-state index in [9.17, 15) is 13.2 Å². The molecule has 33 heavy (non-hydrogen) atoms. The fourth-order valence-electron chi connectivity index (χ4n) is 2.84. The third-order valence-corrected chi connectivity index (χ3v) is 6.20. The van der Waals surface area contributed by atoms with E-state index in [1.54, 1.807) is 44.2 Å². The number of hydrogen-bond acceptors (Lipinski definition) is 8. The highest BCUT2D eigenvalue weighted by Crippen LogP contribution is 2.25. The van der Waals surface area contributed by atoms with Gasteiger partial charge < -0.3 is 14.0 Å². The summed E-state index contributed by atoms with van der Waals surface area (Å²) in [5.74, 6) is 0.561. The summed E-state index contributed by atoms with van der Waals surface area (Å²) in [7, 11) is -2.42. The number of aromatic nitrogens is 2. The lowest BCUT2D eigenvalue weighted by atomic mass is 9.96. The first-order valence-electron chi connectivity index (χ1n) is 10.2. The average molecular weight is 474 g/mol. The molecule has 1 heterocycles. The Hall–Kier alpha value is -3.40. The van der Waals surface area contributed by atoms with Crippen LogP contribution >= 0.6 is 0 Å². The highest BCUT2D eigenvalue weighted by atomic mass is 32.2. The number of anilines is 1. The van der Waals surface area contributed by atoms with E-state index < -0.39 is 22.1 Å². The number of hydrogen-bond donors (Lipinski definition) is 1. The summed E-state index contributed by atoms with van der Waals surface area (Å²) in [5.41, 5.74) is 0.730. The molecule has 0 aliphatic carbocycles. The fraction of sp³-hybridized carbons (Fsp3) is 0.348. The molecule has 1 aromatic heterocycles. The number of benzene rings is 2. The van der Waals surface area contributed by atoms with E-state index in [-0.39, 0.29) is 21.8 Å². The van der Waals surface area contributed by atoms with Crippen LogP contribution in [0.15, 0.2) is 51.9 Å². The van der Waals surface area contributed by atoms with Crippen molar-refractivity contribution >= 4 is 21.7 Å². The normalized spacial score (nSPS) is 12.8. The van der Waals surface area contributed by atoms with Gasteiger partial charge in [-0.15, -0.1) is 0 Å². The van der Waals surface area contributed by atoms with E-state index in [0.29, 0.717) is 22.8 Å². The molecule has 0 saturated heterocycles. The minimum Gasteiger partial charge on any atom is -0.497 e. The Bertz CT molecular complexity index is 1240. The number of nitrogens with one attached hydrogen (secondary N) is 1. The highest BCUT2D eigenvalue weighted by molar-refractivity contribution is 7.92. The Balaban J connectivity index is 1.79. The Morgan fingerprint density at radius 2 is 1.79 bits per heavy atom. The van der Waals surface area contributed by atoms with Crippen molar-refractivity contribution in [1.82, 2.24) is 10.1 Å². The Morgan fingerprint density at radius 1 is 1.12 bits per heavy atom. The summed E-state index contributed by atoms with van der Waals surface area (Å²) in [6.07, 6.45) is -0.807. The first-order chi connectivity index (χ1) is 15.4. The number of ether oxygens (including phenoxy) is 2. The van der Waals surface area contributed by atoms with Crippen LogP contribution in [-0.2, 0) is 20.2 Å². The molecule has 0 bridgehead atoms. The van der Waals surface area contributed by atoms with E-state index in [4.69, 9.17) is 14.0 Å². The monoisotopic (exact) mass is 473 g/mol. The van der Waals surface area contributed by atoms with Crippen LogP contribution in [0.3, 0.4) is 0 Å². The van der Waals surface area contributed by atoms with Gasteiger partial charge in [0.2, 0.25) is 0 Å². The third-order valence-electron chi connectivity index (χ3n) is 4.83. The summed E-state index contributed by atoms with van der Waals surface area (Å²) in [6, 6.07) is 10.7. The number of sulfonamides is 1. The molecule has 1 unspecified atom stereocenters. The predicted octanol–water partition coefficient (Wildman–Crippen LogP) is 4.40. The van der Waals surface area contributed by atoms with Crippen molar-refractivity contribution < 1.29 is 27.2 Å². The van der Waals surface area contributed by atoms with E-state index in [1.165, 1.54) is 19.2 Å². The summed E-state index contributed by atoms with van der Waals surface area (Å²) >= 11 is 0. The fourth-order valence-corrected chi connectivity index (χ4v) is 3.93. The van der Waals surface area contributed by atoms with Crippen molar-refractivity contribution in [3.63, 3.8) is 0 Å². The zero-order valence-corrected chi connectivity index (χ0v) is 20.2. The van der Waals surface area contributed by atoms with E-state index in [0.717, 1.165) is 0 Å². The second-order valence-electron chi connectivity index (χ2n) is 8.56. The Morgan fingerprint density at radius 3 is 2.36 bits per heavy atom. The number of carbonyl (C=O) groups is 1. The molecule has 3 aromatic rings. The topological polar surface area (TPSA) is 121 Å². The van der Waals surface area contributed by atoms with Gasteiger partial charge in [0.15, 0.2) is 11.9 Å². The van der Waals surface area contributed by atoms with Gasteiger partial charge in [0.1, 0.15) is 5.75 Å². The summed E-state index contributed by atoms with van der Waals surface area (Å²) in [5, 5.41) is 3.93. The summed E-state index contributed by atoms with van der Waals surface area (Å²) in [6.45, 7) is 9.12.